The summed E-state index contributed by atoms with van der Waals surface area (Å²) in [5.74, 6) is -0.262. The number of hydrogen-bond donors (Lipinski definition) is 1. The Morgan fingerprint density at radius 2 is 2.16 bits per heavy atom. The number of hydrogen-bond acceptors (Lipinski definition) is 4. The number of amides is 1. The van der Waals surface area contributed by atoms with Crippen LogP contribution in [0.2, 0.25) is 0 Å². The van der Waals surface area contributed by atoms with Crippen LogP contribution < -0.4 is 5.32 Å². The quantitative estimate of drug-likeness (QED) is 0.842. The molecule has 104 valence electrons. The SMILES string of the molecule is COC(=O)CC1(NC(=O)Cc2ccsc2)CCCC1. The third-order valence-corrected chi connectivity index (χ3v) is 4.35. The van der Waals surface area contributed by atoms with Gasteiger partial charge in [-0.25, -0.2) is 0 Å². The number of carbonyl (C=O) groups excluding carboxylic acids is 2. The minimum absolute atomic E-state index is 0.01000. The summed E-state index contributed by atoms with van der Waals surface area (Å²) in [4.78, 5) is 23.6. The van der Waals surface area contributed by atoms with E-state index >= 15 is 0 Å². The molecule has 2 rings (SSSR count). The topological polar surface area (TPSA) is 55.4 Å². The van der Waals surface area contributed by atoms with E-state index in [1.807, 2.05) is 16.8 Å². The maximum atomic E-state index is 12.1. The molecule has 0 bridgehead atoms. The van der Waals surface area contributed by atoms with Gasteiger partial charge in [0.1, 0.15) is 0 Å². The molecule has 0 aliphatic heterocycles. The molecule has 1 aliphatic rings. The number of rotatable bonds is 5. The second kappa shape index (κ2) is 6.19. The Hall–Kier alpha value is -1.36. The summed E-state index contributed by atoms with van der Waals surface area (Å²) in [7, 11) is 1.39. The van der Waals surface area contributed by atoms with E-state index in [0.29, 0.717) is 6.42 Å². The summed E-state index contributed by atoms with van der Waals surface area (Å²) in [5.41, 5.74) is 0.633. The lowest BCUT2D eigenvalue weighted by Crippen LogP contribution is -2.48. The molecular weight excluding hydrogens is 262 g/mol. The van der Waals surface area contributed by atoms with Gasteiger partial charge in [0.25, 0.3) is 0 Å². The van der Waals surface area contributed by atoms with Gasteiger partial charge in [0.05, 0.1) is 25.5 Å². The van der Waals surface area contributed by atoms with Gasteiger partial charge in [-0.2, -0.15) is 11.3 Å². The average Bonchev–Trinajstić information content (AvgIpc) is 3.01. The van der Waals surface area contributed by atoms with Crippen molar-refractivity contribution in [3.05, 3.63) is 22.4 Å². The average molecular weight is 281 g/mol. The lowest BCUT2D eigenvalue weighted by Gasteiger charge is -2.29. The molecule has 0 saturated heterocycles. The number of methoxy groups -OCH3 is 1. The van der Waals surface area contributed by atoms with Crippen LogP contribution >= 0.6 is 11.3 Å². The van der Waals surface area contributed by atoms with E-state index in [9.17, 15) is 9.59 Å². The Labute approximate surface area is 117 Å². The summed E-state index contributed by atoms with van der Waals surface area (Å²) in [5, 5.41) is 6.99. The highest BCUT2D eigenvalue weighted by Crippen LogP contribution is 2.33. The van der Waals surface area contributed by atoms with E-state index < -0.39 is 0 Å². The Kier molecular flexibility index (Phi) is 4.58. The van der Waals surface area contributed by atoms with E-state index in [-0.39, 0.29) is 23.8 Å². The maximum Gasteiger partial charge on any atom is 0.307 e. The van der Waals surface area contributed by atoms with Crippen molar-refractivity contribution in [2.75, 3.05) is 7.11 Å². The third kappa shape index (κ3) is 3.80. The zero-order valence-corrected chi connectivity index (χ0v) is 11.9. The smallest absolute Gasteiger partial charge is 0.307 e. The zero-order valence-electron chi connectivity index (χ0n) is 11.1. The van der Waals surface area contributed by atoms with Crippen LogP contribution in [0.3, 0.4) is 0 Å². The van der Waals surface area contributed by atoms with Crippen LogP contribution in [-0.2, 0) is 20.7 Å². The molecule has 1 aromatic heterocycles. The molecule has 0 unspecified atom stereocenters. The van der Waals surface area contributed by atoms with Gasteiger partial charge in [-0.3, -0.25) is 9.59 Å². The van der Waals surface area contributed by atoms with Crippen LogP contribution in [0.4, 0.5) is 0 Å². The van der Waals surface area contributed by atoms with Crippen molar-refractivity contribution < 1.29 is 14.3 Å². The first-order valence-electron chi connectivity index (χ1n) is 6.52. The van der Waals surface area contributed by atoms with Gasteiger partial charge in [-0.05, 0) is 35.2 Å². The highest BCUT2D eigenvalue weighted by atomic mass is 32.1. The number of esters is 1. The zero-order chi connectivity index (χ0) is 13.7. The predicted octanol–water partition coefficient (Wildman–Crippen LogP) is 2.28. The number of thiophene rings is 1. The van der Waals surface area contributed by atoms with Crippen molar-refractivity contribution >= 4 is 23.2 Å². The molecule has 1 amide bonds. The Bertz CT molecular complexity index is 436. The Morgan fingerprint density at radius 3 is 2.74 bits per heavy atom. The maximum absolute atomic E-state index is 12.1. The normalized spacial score (nSPS) is 17.1. The fourth-order valence-corrected chi connectivity index (χ4v) is 3.33. The standard InChI is InChI=1S/C14H19NO3S/c1-18-13(17)9-14(5-2-3-6-14)15-12(16)8-11-4-7-19-10-11/h4,7,10H,2-3,5-6,8-9H2,1H3,(H,15,16). The van der Waals surface area contributed by atoms with Crippen LogP contribution in [0.25, 0.3) is 0 Å². The van der Waals surface area contributed by atoms with Crippen molar-refractivity contribution in [3.8, 4) is 0 Å². The summed E-state index contributed by atoms with van der Waals surface area (Å²) in [6.45, 7) is 0. The van der Waals surface area contributed by atoms with Crippen molar-refractivity contribution in [1.82, 2.24) is 5.32 Å². The lowest BCUT2D eigenvalue weighted by atomic mass is 9.93. The molecule has 0 aromatic carbocycles. The lowest BCUT2D eigenvalue weighted by molar-refractivity contribution is -0.142. The van der Waals surface area contributed by atoms with Crippen molar-refractivity contribution in [3.63, 3.8) is 0 Å². The van der Waals surface area contributed by atoms with Gasteiger partial charge in [-0.15, -0.1) is 0 Å². The molecule has 0 radical (unpaired) electrons. The third-order valence-electron chi connectivity index (χ3n) is 3.62. The van der Waals surface area contributed by atoms with Crippen LogP contribution in [0.15, 0.2) is 16.8 Å². The Balaban J connectivity index is 1.96. The first-order chi connectivity index (χ1) is 9.13. The summed E-state index contributed by atoms with van der Waals surface area (Å²) < 4.78 is 4.74. The van der Waals surface area contributed by atoms with E-state index in [0.717, 1.165) is 31.2 Å². The molecule has 19 heavy (non-hydrogen) atoms. The van der Waals surface area contributed by atoms with Crippen molar-refractivity contribution in [2.45, 2.75) is 44.1 Å². The van der Waals surface area contributed by atoms with Gasteiger partial charge >= 0.3 is 5.97 Å². The van der Waals surface area contributed by atoms with Crippen molar-refractivity contribution in [1.29, 1.82) is 0 Å². The Morgan fingerprint density at radius 1 is 1.42 bits per heavy atom. The summed E-state index contributed by atoms with van der Waals surface area (Å²) in [6, 6.07) is 1.95. The predicted molar refractivity (Wildman–Crippen MR) is 74.0 cm³/mol. The molecule has 1 aromatic rings. The molecular formula is C14H19NO3S. The molecule has 0 atom stereocenters. The highest BCUT2D eigenvalue weighted by molar-refractivity contribution is 7.07. The fraction of sp³-hybridized carbons (Fsp3) is 0.571. The minimum Gasteiger partial charge on any atom is -0.469 e. The van der Waals surface area contributed by atoms with Gasteiger partial charge in [0.2, 0.25) is 5.91 Å². The van der Waals surface area contributed by atoms with E-state index in [1.165, 1.54) is 7.11 Å². The van der Waals surface area contributed by atoms with Crippen molar-refractivity contribution in [2.24, 2.45) is 0 Å². The molecule has 1 saturated carbocycles. The number of nitrogens with one attached hydrogen (secondary N) is 1. The second-order valence-electron chi connectivity index (χ2n) is 5.10. The fourth-order valence-electron chi connectivity index (χ4n) is 2.66. The molecule has 1 aliphatic carbocycles. The van der Waals surface area contributed by atoms with E-state index in [2.05, 4.69) is 5.32 Å². The number of ether oxygens (including phenoxy) is 1. The van der Waals surface area contributed by atoms with Gasteiger partial charge in [-0.1, -0.05) is 12.8 Å². The first kappa shape index (κ1) is 14.1. The van der Waals surface area contributed by atoms with E-state index in [1.54, 1.807) is 11.3 Å². The number of carbonyl (C=O) groups is 2. The van der Waals surface area contributed by atoms with E-state index in [4.69, 9.17) is 4.74 Å². The van der Waals surface area contributed by atoms with Crippen LogP contribution in [0.1, 0.15) is 37.7 Å². The highest BCUT2D eigenvalue weighted by Gasteiger charge is 2.37. The van der Waals surface area contributed by atoms with Crippen LogP contribution in [-0.4, -0.2) is 24.5 Å². The molecule has 0 spiro atoms. The largest absolute Gasteiger partial charge is 0.469 e. The minimum atomic E-state index is -0.389. The van der Waals surface area contributed by atoms with Gasteiger partial charge in [0.15, 0.2) is 0 Å². The molecule has 5 heteroatoms. The molecule has 4 nitrogen and oxygen atoms in total. The van der Waals surface area contributed by atoms with Gasteiger partial charge < -0.3 is 10.1 Å². The second-order valence-corrected chi connectivity index (χ2v) is 5.88. The van der Waals surface area contributed by atoms with Crippen LogP contribution in [0, 0.1) is 0 Å². The molecule has 1 N–H and O–H groups in total. The first-order valence-corrected chi connectivity index (χ1v) is 7.47. The molecule has 1 heterocycles. The summed E-state index contributed by atoms with van der Waals surface area (Å²) >= 11 is 1.58. The summed E-state index contributed by atoms with van der Waals surface area (Å²) in [6.07, 6.45) is 4.48. The van der Waals surface area contributed by atoms with Gasteiger partial charge in [0, 0.05) is 0 Å². The molecule has 1 fully saturated rings. The van der Waals surface area contributed by atoms with Crippen LogP contribution in [0.5, 0.6) is 0 Å². The monoisotopic (exact) mass is 281 g/mol.